The van der Waals surface area contributed by atoms with E-state index in [1.54, 1.807) is 11.3 Å². The average Bonchev–Trinajstić information content (AvgIpc) is 3.01. The van der Waals surface area contributed by atoms with Crippen LogP contribution in [0.2, 0.25) is 0 Å². The van der Waals surface area contributed by atoms with Gasteiger partial charge in [0.15, 0.2) is 0 Å². The Morgan fingerprint density at radius 3 is 3.28 bits per heavy atom. The molecular weight excluding hydrogens is 246 g/mol. The van der Waals surface area contributed by atoms with Crippen molar-refractivity contribution in [2.24, 2.45) is 0 Å². The Kier molecular flexibility index (Phi) is 3.29. The third-order valence-corrected chi connectivity index (χ3v) is 3.86. The Morgan fingerprint density at radius 2 is 2.50 bits per heavy atom. The minimum Gasteiger partial charge on any atom is -0.337 e. The summed E-state index contributed by atoms with van der Waals surface area (Å²) in [5.41, 5.74) is 1.29. The first-order chi connectivity index (χ1) is 8.81. The molecule has 3 heterocycles. The molecule has 1 aliphatic rings. The molecule has 2 aromatic heterocycles. The molecule has 1 fully saturated rings. The number of H-pyrrole nitrogens is 1. The number of aromatic amines is 1. The molecule has 5 nitrogen and oxygen atoms in total. The fraction of sp³-hybridized carbons (Fsp3) is 0.500. The average molecular weight is 263 g/mol. The summed E-state index contributed by atoms with van der Waals surface area (Å²) in [6, 6.07) is 2.62. The van der Waals surface area contributed by atoms with Crippen molar-refractivity contribution in [3.63, 3.8) is 0 Å². The summed E-state index contributed by atoms with van der Waals surface area (Å²) in [7, 11) is 0. The van der Waals surface area contributed by atoms with Crippen LogP contribution >= 0.6 is 11.3 Å². The van der Waals surface area contributed by atoms with E-state index in [0.29, 0.717) is 6.04 Å². The van der Waals surface area contributed by atoms with Gasteiger partial charge in [0.25, 0.3) is 0 Å². The molecule has 0 radical (unpaired) electrons. The highest BCUT2D eigenvalue weighted by Gasteiger charge is 2.19. The largest absolute Gasteiger partial charge is 0.337 e. The van der Waals surface area contributed by atoms with Crippen molar-refractivity contribution in [2.75, 3.05) is 24.5 Å². The quantitative estimate of drug-likeness (QED) is 0.875. The highest BCUT2D eigenvalue weighted by Crippen LogP contribution is 2.13. The zero-order valence-corrected chi connectivity index (χ0v) is 11.2. The standard InChI is InChI=1S/C12H17N5S/c1-9-7-17(4-3-13-9)12-14-11(15-16-12)6-10-2-5-18-8-10/h2,5,8-9,13H,3-4,6-7H2,1H3,(H,14,15,16). The van der Waals surface area contributed by atoms with Crippen molar-refractivity contribution in [1.29, 1.82) is 0 Å². The van der Waals surface area contributed by atoms with Crippen molar-refractivity contribution in [2.45, 2.75) is 19.4 Å². The van der Waals surface area contributed by atoms with Crippen LogP contribution in [0.25, 0.3) is 0 Å². The van der Waals surface area contributed by atoms with Gasteiger partial charge in [0.05, 0.1) is 0 Å². The topological polar surface area (TPSA) is 56.8 Å². The molecule has 0 amide bonds. The number of aromatic nitrogens is 3. The first kappa shape index (κ1) is 11.7. The number of nitrogens with zero attached hydrogens (tertiary/aromatic N) is 3. The van der Waals surface area contributed by atoms with Gasteiger partial charge in [-0.15, -0.1) is 5.10 Å². The molecule has 96 valence electrons. The van der Waals surface area contributed by atoms with Crippen LogP contribution in [0.4, 0.5) is 5.95 Å². The second-order valence-corrected chi connectivity index (χ2v) is 5.47. The van der Waals surface area contributed by atoms with Crippen LogP contribution in [-0.4, -0.2) is 40.9 Å². The Bertz CT molecular complexity index is 492. The SMILES string of the molecule is CC1CN(c2n[nH]c(Cc3ccsc3)n2)CCN1. The van der Waals surface area contributed by atoms with Crippen molar-refractivity contribution in [3.8, 4) is 0 Å². The number of anilines is 1. The van der Waals surface area contributed by atoms with Gasteiger partial charge in [0, 0.05) is 32.1 Å². The van der Waals surface area contributed by atoms with Crippen molar-refractivity contribution in [3.05, 3.63) is 28.2 Å². The lowest BCUT2D eigenvalue weighted by Crippen LogP contribution is -2.49. The third kappa shape index (κ3) is 2.54. The highest BCUT2D eigenvalue weighted by molar-refractivity contribution is 7.07. The van der Waals surface area contributed by atoms with Crippen LogP contribution < -0.4 is 10.2 Å². The lowest BCUT2D eigenvalue weighted by Gasteiger charge is -2.30. The second kappa shape index (κ2) is 5.07. The molecule has 18 heavy (non-hydrogen) atoms. The molecule has 2 aromatic rings. The number of nitrogens with one attached hydrogen (secondary N) is 2. The predicted molar refractivity (Wildman–Crippen MR) is 73.2 cm³/mol. The molecule has 1 saturated heterocycles. The van der Waals surface area contributed by atoms with Crippen LogP contribution in [0.3, 0.4) is 0 Å². The van der Waals surface area contributed by atoms with E-state index < -0.39 is 0 Å². The number of hydrogen-bond acceptors (Lipinski definition) is 5. The number of piperazine rings is 1. The molecule has 6 heteroatoms. The molecule has 2 N–H and O–H groups in total. The predicted octanol–water partition coefficient (Wildman–Crippen LogP) is 1.26. The summed E-state index contributed by atoms with van der Waals surface area (Å²) in [6.45, 7) is 5.12. The van der Waals surface area contributed by atoms with Crippen LogP contribution in [0, 0.1) is 0 Å². The molecular formula is C12H17N5S. The molecule has 1 atom stereocenters. The van der Waals surface area contributed by atoms with Crippen LogP contribution in [0.5, 0.6) is 0 Å². The van der Waals surface area contributed by atoms with E-state index in [-0.39, 0.29) is 0 Å². The number of thiophene rings is 1. The van der Waals surface area contributed by atoms with Gasteiger partial charge in [-0.2, -0.15) is 16.3 Å². The maximum atomic E-state index is 4.58. The minimum absolute atomic E-state index is 0.498. The molecule has 3 rings (SSSR count). The van der Waals surface area contributed by atoms with Gasteiger partial charge in [-0.05, 0) is 29.3 Å². The number of hydrogen-bond donors (Lipinski definition) is 2. The van der Waals surface area contributed by atoms with Crippen LogP contribution in [-0.2, 0) is 6.42 Å². The van der Waals surface area contributed by atoms with E-state index in [4.69, 9.17) is 0 Å². The smallest absolute Gasteiger partial charge is 0.244 e. The summed E-state index contributed by atoms with van der Waals surface area (Å²) in [6.07, 6.45) is 0.831. The van der Waals surface area contributed by atoms with E-state index in [9.17, 15) is 0 Å². The van der Waals surface area contributed by atoms with E-state index in [1.807, 2.05) is 0 Å². The molecule has 0 aliphatic carbocycles. The zero-order chi connectivity index (χ0) is 12.4. The van der Waals surface area contributed by atoms with Crippen molar-refractivity contribution >= 4 is 17.3 Å². The van der Waals surface area contributed by atoms with Gasteiger partial charge in [-0.1, -0.05) is 0 Å². The minimum atomic E-state index is 0.498. The van der Waals surface area contributed by atoms with Gasteiger partial charge < -0.3 is 10.2 Å². The zero-order valence-electron chi connectivity index (χ0n) is 10.4. The highest BCUT2D eigenvalue weighted by atomic mass is 32.1. The molecule has 0 spiro atoms. The Hall–Kier alpha value is -1.40. The summed E-state index contributed by atoms with van der Waals surface area (Å²) in [5.74, 6) is 1.77. The van der Waals surface area contributed by atoms with Gasteiger partial charge in [-0.3, -0.25) is 5.10 Å². The Labute approximate surface area is 110 Å². The summed E-state index contributed by atoms with van der Waals surface area (Å²) >= 11 is 1.71. The molecule has 1 unspecified atom stereocenters. The fourth-order valence-corrected chi connectivity index (χ4v) is 2.87. The maximum absolute atomic E-state index is 4.58. The number of rotatable bonds is 3. The van der Waals surface area contributed by atoms with Crippen LogP contribution in [0.1, 0.15) is 18.3 Å². The first-order valence-electron chi connectivity index (χ1n) is 6.22. The fourth-order valence-electron chi connectivity index (χ4n) is 2.21. The lowest BCUT2D eigenvalue weighted by atomic mass is 10.2. The second-order valence-electron chi connectivity index (χ2n) is 4.69. The van der Waals surface area contributed by atoms with E-state index in [1.165, 1.54) is 5.56 Å². The molecule has 0 bridgehead atoms. The van der Waals surface area contributed by atoms with E-state index in [0.717, 1.165) is 37.8 Å². The molecule has 0 aromatic carbocycles. The van der Waals surface area contributed by atoms with Crippen molar-refractivity contribution < 1.29 is 0 Å². The first-order valence-corrected chi connectivity index (χ1v) is 7.16. The summed E-state index contributed by atoms with van der Waals surface area (Å²) in [5, 5.41) is 15.0. The van der Waals surface area contributed by atoms with Gasteiger partial charge in [0.1, 0.15) is 5.82 Å². The molecule has 0 saturated carbocycles. The van der Waals surface area contributed by atoms with E-state index >= 15 is 0 Å². The summed E-state index contributed by atoms with van der Waals surface area (Å²) < 4.78 is 0. The van der Waals surface area contributed by atoms with E-state index in [2.05, 4.69) is 49.1 Å². The monoisotopic (exact) mass is 263 g/mol. The van der Waals surface area contributed by atoms with Crippen molar-refractivity contribution in [1.82, 2.24) is 20.5 Å². The van der Waals surface area contributed by atoms with Crippen LogP contribution in [0.15, 0.2) is 16.8 Å². The Balaban J connectivity index is 1.69. The van der Waals surface area contributed by atoms with Gasteiger partial charge in [-0.25, -0.2) is 0 Å². The third-order valence-electron chi connectivity index (χ3n) is 3.12. The van der Waals surface area contributed by atoms with Gasteiger partial charge in [0.2, 0.25) is 5.95 Å². The normalized spacial score (nSPS) is 20.3. The lowest BCUT2D eigenvalue weighted by molar-refractivity contribution is 0.480. The van der Waals surface area contributed by atoms with Gasteiger partial charge >= 0.3 is 0 Å². The Morgan fingerprint density at radius 1 is 1.56 bits per heavy atom. The summed E-state index contributed by atoms with van der Waals surface area (Å²) in [4.78, 5) is 6.81. The maximum Gasteiger partial charge on any atom is 0.244 e. The molecule has 1 aliphatic heterocycles.